The van der Waals surface area contributed by atoms with Gasteiger partial charge in [0.15, 0.2) is 0 Å². The number of rotatable bonds is 5. The normalized spacial score (nSPS) is 18.9. The maximum absolute atomic E-state index is 12.9. The first-order valence-corrected chi connectivity index (χ1v) is 11.5. The van der Waals surface area contributed by atoms with E-state index in [0.29, 0.717) is 12.1 Å². The molecule has 168 valence electrons. The molecule has 4 rings (SSSR count). The lowest BCUT2D eigenvalue weighted by molar-refractivity contribution is -0.137. The van der Waals surface area contributed by atoms with Crippen molar-refractivity contribution in [2.45, 2.75) is 43.3 Å². The fraction of sp³-hybridized carbons (Fsp3) is 0.261. The predicted molar refractivity (Wildman–Crippen MR) is 115 cm³/mol. The number of aryl methyl sites for hydroxylation is 1. The zero-order chi connectivity index (χ0) is 23.1. The molecule has 1 aromatic heterocycles. The number of hydrogen-bond acceptors (Lipinski definition) is 3. The molecule has 0 saturated carbocycles. The standard InChI is InChI=1S/C23H22F3N3O2S/c1-15-22(16(2)29(27-15)20-12-9-18(10-13-20)23(24,25)26)17-8-11-19(14-17)28-32(30,31)21-6-4-3-5-7-21/h3-13,17,19,28H,14H2,1-2H3. The molecule has 0 bridgehead atoms. The zero-order valence-corrected chi connectivity index (χ0v) is 18.3. The molecule has 1 N–H and O–H groups in total. The first kappa shape index (κ1) is 22.3. The largest absolute Gasteiger partial charge is 0.416 e. The van der Waals surface area contributed by atoms with Gasteiger partial charge in [-0.1, -0.05) is 30.4 Å². The number of alkyl halides is 3. The van der Waals surface area contributed by atoms with Crippen LogP contribution in [-0.4, -0.2) is 24.2 Å². The molecular weight excluding hydrogens is 439 g/mol. The molecular formula is C23H22F3N3O2S. The van der Waals surface area contributed by atoms with Gasteiger partial charge in [-0.2, -0.15) is 18.3 Å². The second kappa shape index (κ2) is 8.22. The van der Waals surface area contributed by atoms with E-state index in [-0.39, 0.29) is 16.9 Å². The molecule has 0 spiro atoms. The van der Waals surface area contributed by atoms with Crippen LogP contribution in [0.4, 0.5) is 13.2 Å². The summed E-state index contributed by atoms with van der Waals surface area (Å²) in [5.74, 6) is -0.0540. The summed E-state index contributed by atoms with van der Waals surface area (Å²) in [5.41, 5.74) is 2.33. The van der Waals surface area contributed by atoms with Gasteiger partial charge >= 0.3 is 6.18 Å². The van der Waals surface area contributed by atoms with Crippen LogP contribution in [0, 0.1) is 13.8 Å². The highest BCUT2D eigenvalue weighted by Gasteiger charge is 2.31. The maximum Gasteiger partial charge on any atom is 0.416 e. The molecule has 32 heavy (non-hydrogen) atoms. The summed E-state index contributed by atoms with van der Waals surface area (Å²) in [7, 11) is -3.64. The molecule has 0 radical (unpaired) electrons. The van der Waals surface area contributed by atoms with E-state index in [2.05, 4.69) is 9.82 Å². The van der Waals surface area contributed by atoms with Crippen molar-refractivity contribution in [3.63, 3.8) is 0 Å². The van der Waals surface area contributed by atoms with Crippen molar-refractivity contribution in [2.24, 2.45) is 0 Å². The van der Waals surface area contributed by atoms with Gasteiger partial charge in [-0.25, -0.2) is 17.8 Å². The molecule has 1 aliphatic rings. The molecule has 1 aliphatic carbocycles. The predicted octanol–water partition coefficient (Wildman–Crippen LogP) is 4.90. The summed E-state index contributed by atoms with van der Waals surface area (Å²) in [5, 5.41) is 4.53. The molecule has 0 aliphatic heterocycles. The smallest absolute Gasteiger partial charge is 0.238 e. The maximum atomic E-state index is 12.9. The quantitative estimate of drug-likeness (QED) is 0.550. The number of nitrogens with one attached hydrogen (secondary N) is 1. The van der Waals surface area contributed by atoms with Gasteiger partial charge in [-0.05, 0) is 56.7 Å². The van der Waals surface area contributed by atoms with E-state index in [1.807, 2.05) is 26.0 Å². The van der Waals surface area contributed by atoms with E-state index in [4.69, 9.17) is 0 Å². The highest BCUT2D eigenvalue weighted by Crippen LogP contribution is 2.35. The molecule has 0 amide bonds. The van der Waals surface area contributed by atoms with Crippen LogP contribution < -0.4 is 4.72 Å². The molecule has 1 heterocycles. The van der Waals surface area contributed by atoms with Crippen molar-refractivity contribution in [3.05, 3.63) is 89.3 Å². The number of allylic oxidation sites excluding steroid dienone is 1. The van der Waals surface area contributed by atoms with Crippen LogP contribution >= 0.6 is 0 Å². The van der Waals surface area contributed by atoms with Crippen LogP contribution in [0.2, 0.25) is 0 Å². The second-order valence-electron chi connectivity index (χ2n) is 7.81. The minimum Gasteiger partial charge on any atom is -0.238 e. The van der Waals surface area contributed by atoms with E-state index in [1.54, 1.807) is 35.0 Å². The minimum absolute atomic E-state index is 0.0540. The van der Waals surface area contributed by atoms with E-state index in [9.17, 15) is 21.6 Å². The number of aromatic nitrogens is 2. The Kier molecular flexibility index (Phi) is 5.72. The average molecular weight is 462 g/mol. The van der Waals surface area contributed by atoms with Gasteiger partial charge < -0.3 is 0 Å². The van der Waals surface area contributed by atoms with Gasteiger partial charge in [0, 0.05) is 23.2 Å². The Hall–Kier alpha value is -2.91. The van der Waals surface area contributed by atoms with Crippen LogP contribution in [0.3, 0.4) is 0 Å². The Bertz CT molecular complexity index is 1250. The highest BCUT2D eigenvalue weighted by molar-refractivity contribution is 7.89. The molecule has 2 atom stereocenters. The zero-order valence-electron chi connectivity index (χ0n) is 17.5. The fourth-order valence-electron chi connectivity index (χ4n) is 4.10. The minimum atomic E-state index is -4.39. The van der Waals surface area contributed by atoms with E-state index >= 15 is 0 Å². The number of benzene rings is 2. The van der Waals surface area contributed by atoms with E-state index < -0.39 is 21.8 Å². The lowest BCUT2D eigenvalue weighted by Crippen LogP contribution is -2.32. The van der Waals surface area contributed by atoms with Crippen molar-refractivity contribution in [1.29, 1.82) is 0 Å². The SMILES string of the molecule is Cc1nn(-c2ccc(C(F)(F)F)cc2)c(C)c1C1C=CC(NS(=O)(=O)c2ccccc2)C1. The summed E-state index contributed by atoms with van der Waals surface area (Å²) >= 11 is 0. The van der Waals surface area contributed by atoms with Crippen LogP contribution in [0.15, 0.2) is 71.6 Å². The topological polar surface area (TPSA) is 64.0 Å². The Morgan fingerprint density at radius 2 is 1.66 bits per heavy atom. The summed E-state index contributed by atoms with van der Waals surface area (Å²) in [6, 6.07) is 12.7. The summed E-state index contributed by atoms with van der Waals surface area (Å²) in [6.07, 6.45) is -0.0757. The van der Waals surface area contributed by atoms with Gasteiger partial charge in [0.2, 0.25) is 10.0 Å². The molecule has 0 fully saturated rings. The first-order valence-electron chi connectivity index (χ1n) is 10.1. The van der Waals surface area contributed by atoms with Gasteiger partial charge in [0.1, 0.15) is 0 Å². The van der Waals surface area contributed by atoms with Crippen LogP contribution in [0.1, 0.15) is 34.9 Å². The molecule has 2 aromatic carbocycles. The Balaban J connectivity index is 1.53. The van der Waals surface area contributed by atoms with Crippen LogP contribution in [-0.2, 0) is 16.2 Å². The monoisotopic (exact) mass is 461 g/mol. The lowest BCUT2D eigenvalue weighted by atomic mass is 9.96. The Labute approximate surface area is 184 Å². The Morgan fingerprint density at radius 3 is 2.28 bits per heavy atom. The van der Waals surface area contributed by atoms with Gasteiger partial charge in [0.25, 0.3) is 0 Å². The summed E-state index contributed by atoms with van der Waals surface area (Å²) in [4.78, 5) is 0.208. The molecule has 0 saturated heterocycles. The summed E-state index contributed by atoms with van der Waals surface area (Å²) in [6.45, 7) is 3.71. The number of hydrogen-bond donors (Lipinski definition) is 1. The Morgan fingerprint density at radius 1 is 1.00 bits per heavy atom. The lowest BCUT2D eigenvalue weighted by Gasteiger charge is -2.15. The fourth-order valence-corrected chi connectivity index (χ4v) is 5.33. The number of halogens is 3. The molecule has 2 unspecified atom stereocenters. The first-order chi connectivity index (χ1) is 15.1. The van der Waals surface area contributed by atoms with Gasteiger partial charge in [-0.3, -0.25) is 0 Å². The second-order valence-corrected chi connectivity index (χ2v) is 9.52. The van der Waals surface area contributed by atoms with Crippen molar-refractivity contribution < 1.29 is 21.6 Å². The average Bonchev–Trinajstić information content (AvgIpc) is 3.31. The van der Waals surface area contributed by atoms with Crippen molar-refractivity contribution in [1.82, 2.24) is 14.5 Å². The van der Waals surface area contributed by atoms with Crippen LogP contribution in [0.25, 0.3) is 5.69 Å². The number of nitrogens with zero attached hydrogens (tertiary/aromatic N) is 2. The molecule has 9 heteroatoms. The van der Waals surface area contributed by atoms with Crippen molar-refractivity contribution >= 4 is 10.0 Å². The van der Waals surface area contributed by atoms with E-state index in [1.165, 1.54) is 12.1 Å². The van der Waals surface area contributed by atoms with Gasteiger partial charge in [0.05, 0.1) is 21.8 Å². The summed E-state index contributed by atoms with van der Waals surface area (Å²) < 4.78 is 68.1. The number of sulfonamides is 1. The third-order valence-electron chi connectivity index (χ3n) is 5.60. The van der Waals surface area contributed by atoms with E-state index in [0.717, 1.165) is 29.1 Å². The highest BCUT2D eigenvalue weighted by atomic mass is 32.2. The molecule has 5 nitrogen and oxygen atoms in total. The third-order valence-corrected chi connectivity index (χ3v) is 7.11. The molecule has 3 aromatic rings. The van der Waals surface area contributed by atoms with Crippen LogP contribution in [0.5, 0.6) is 0 Å². The van der Waals surface area contributed by atoms with Crippen molar-refractivity contribution in [2.75, 3.05) is 0 Å². The van der Waals surface area contributed by atoms with Gasteiger partial charge in [-0.15, -0.1) is 0 Å². The third kappa shape index (κ3) is 4.35. The van der Waals surface area contributed by atoms with Crippen molar-refractivity contribution in [3.8, 4) is 5.69 Å².